The van der Waals surface area contributed by atoms with Crippen LogP contribution in [0.1, 0.15) is 44.4 Å². The fourth-order valence-corrected chi connectivity index (χ4v) is 7.48. The van der Waals surface area contributed by atoms with Crippen molar-refractivity contribution in [1.82, 2.24) is 0 Å². The van der Waals surface area contributed by atoms with Gasteiger partial charge in [0.05, 0.1) is 0 Å². The molecule has 5 heteroatoms. The lowest BCUT2D eigenvalue weighted by Gasteiger charge is -2.30. The molecule has 0 saturated carbocycles. The first kappa shape index (κ1) is 31.0. The maximum atomic E-state index is 6.42. The molecular weight excluding hydrogens is 668 g/mol. The number of rotatable bonds is 6. The van der Waals surface area contributed by atoms with E-state index in [1.165, 1.54) is 10.9 Å². The fourth-order valence-electron chi connectivity index (χ4n) is 7.01. The second kappa shape index (κ2) is 13.3. The lowest BCUT2D eigenvalue weighted by atomic mass is 10.0. The highest BCUT2D eigenvalue weighted by molar-refractivity contribution is 9.10. The van der Waals surface area contributed by atoms with E-state index >= 15 is 0 Å². The Hall–Kier alpha value is -5.26. The third kappa shape index (κ3) is 5.78. The van der Waals surface area contributed by atoms with Crippen LogP contribution in [0.15, 0.2) is 153 Å². The molecule has 5 aromatic carbocycles. The second-order valence-electron chi connectivity index (χ2n) is 12.1. The maximum Gasteiger partial charge on any atom is 0.137 e. The Morgan fingerprint density at radius 2 is 1.20 bits per heavy atom. The number of halogens is 1. The van der Waals surface area contributed by atoms with Gasteiger partial charge in [-0.25, -0.2) is 0 Å². The fraction of sp³-hybridized carbons (Fsp3) is 0.136. The largest absolute Gasteiger partial charge is 0.456 e. The second-order valence-corrected chi connectivity index (χ2v) is 13.0. The molecule has 0 atom stereocenters. The molecule has 0 saturated heterocycles. The highest BCUT2D eigenvalue weighted by atomic mass is 79.9. The van der Waals surface area contributed by atoms with E-state index in [-0.39, 0.29) is 0 Å². The summed E-state index contributed by atoms with van der Waals surface area (Å²) in [5.74, 6) is 0.968. The van der Waals surface area contributed by atoms with Gasteiger partial charge in [-0.15, -0.1) is 0 Å². The molecule has 242 valence electrons. The molecule has 0 spiro atoms. The number of benzene rings is 5. The van der Waals surface area contributed by atoms with E-state index < -0.39 is 0 Å². The van der Waals surface area contributed by atoms with Crippen LogP contribution in [0.2, 0.25) is 0 Å². The molecule has 49 heavy (non-hydrogen) atoms. The monoisotopic (exact) mass is 704 g/mol. The minimum atomic E-state index is 0.854. The zero-order chi connectivity index (χ0) is 33.3. The first-order valence-electron chi connectivity index (χ1n) is 17.2. The summed E-state index contributed by atoms with van der Waals surface area (Å²) in [7, 11) is 0. The summed E-state index contributed by atoms with van der Waals surface area (Å²) in [6.07, 6.45) is 15.2. The zero-order valence-corrected chi connectivity index (χ0v) is 29.3. The minimum Gasteiger partial charge on any atom is -0.456 e. The van der Waals surface area contributed by atoms with Crippen LogP contribution >= 0.6 is 15.9 Å². The van der Waals surface area contributed by atoms with Crippen LogP contribution in [0.5, 0.6) is 0 Å². The molecule has 0 N–H and O–H groups in total. The van der Waals surface area contributed by atoms with Gasteiger partial charge in [-0.05, 0) is 98.5 Å². The summed E-state index contributed by atoms with van der Waals surface area (Å²) in [5.41, 5.74) is 10.3. The summed E-state index contributed by atoms with van der Waals surface area (Å²) < 4.78 is 13.8. The van der Waals surface area contributed by atoms with Gasteiger partial charge in [0, 0.05) is 72.5 Å². The van der Waals surface area contributed by atoms with E-state index in [1.807, 2.05) is 26.0 Å². The van der Waals surface area contributed by atoms with Crippen LogP contribution in [0.3, 0.4) is 0 Å². The van der Waals surface area contributed by atoms with Crippen LogP contribution in [0.4, 0.5) is 28.4 Å². The number of aryl methyl sites for hydroxylation is 1. The van der Waals surface area contributed by atoms with Crippen molar-refractivity contribution in [3.05, 3.63) is 155 Å². The highest BCUT2D eigenvalue weighted by Gasteiger charge is 2.22. The number of hydrogen-bond donors (Lipinski definition) is 0. The summed E-state index contributed by atoms with van der Waals surface area (Å²) in [6, 6.07) is 38.5. The van der Waals surface area contributed by atoms with Gasteiger partial charge in [0.1, 0.15) is 22.5 Å². The molecule has 2 aliphatic rings. The predicted molar refractivity (Wildman–Crippen MR) is 210 cm³/mol. The Balaban J connectivity index is 0.00000171. The van der Waals surface area contributed by atoms with Crippen molar-refractivity contribution in [2.75, 3.05) is 9.80 Å². The van der Waals surface area contributed by atoms with Crippen LogP contribution in [-0.2, 0) is 6.42 Å². The normalized spacial score (nSPS) is 13.7. The van der Waals surface area contributed by atoms with Crippen LogP contribution < -0.4 is 9.80 Å². The molecule has 0 bridgehead atoms. The van der Waals surface area contributed by atoms with Gasteiger partial charge in [-0.3, -0.25) is 0 Å². The van der Waals surface area contributed by atoms with Gasteiger partial charge in [-0.2, -0.15) is 0 Å². The average molecular weight is 706 g/mol. The Morgan fingerprint density at radius 1 is 0.531 bits per heavy atom. The van der Waals surface area contributed by atoms with Crippen LogP contribution in [-0.4, -0.2) is 0 Å². The van der Waals surface area contributed by atoms with E-state index in [4.69, 9.17) is 8.83 Å². The number of allylic oxidation sites excluding steroid dienone is 4. The molecule has 9 rings (SSSR count). The number of nitrogens with zero attached hydrogens (tertiary/aromatic N) is 2. The van der Waals surface area contributed by atoms with Crippen molar-refractivity contribution in [1.29, 1.82) is 0 Å². The molecule has 2 aromatic heterocycles. The van der Waals surface area contributed by atoms with E-state index in [0.717, 1.165) is 97.6 Å². The van der Waals surface area contributed by atoms with E-state index in [0.29, 0.717) is 0 Å². The predicted octanol–water partition coefficient (Wildman–Crippen LogP) is 13.9. The van der Waals surface area contributed by atoms with E-state index in [2.05, 4.69) is 153 Å². The SMILES string of the molecule is Brc1cc(N(C2=CCCC=C2)c2ccccc2)cc(N(c2ccc3c4c(oc3c2)C=CCC4)c2ccc3c(c2)oc2ccccc23)c1.CC. The molecule has 0 amide bonds. The van der Waals surface area contributed by atoms with Crippen LogP contribution in [0.25, 0.3) is 39.0 Å². The number of hydrogen-bond acceptors (Lipinski definition) is 4. The molecule has 0 unspecified atom stereocenters. The molecular formula is C44H37BrN2O2. The lowest BCUT2D eigenvalue weighted by Crippen LogP contribution is -2.17. The Labute approximate surface area is 295 Å². The summed E-state index contributed by atoms with van der Waals surface area (Å²) in [5, 5.41) is 3.40. The highest BCUT2D eigenvalue weighted by Crippen LogP contribution is 2.44. The summed E-state index contributed by atoms with van der Waals surface area (Å²) in [6.45, 7) is 4.00. The van der Waals surface area contributed by atoms with Gasteiger partial charge >= 0.3 is 0 Å². The Kier molecular flexibility index (Phi) is 8.44. The van der Waals surface area contributed by atoms with Crippen molar-refractivity contribution in [3.63, 3.8) is 0 Å². The topological polar surface area (TPSA) is 32.8 Å². The molecule has 2 aliphatic carbocycles. The van der Waals surface area contributed by atoms with Gasteiger partial charge in [0.15, 0.2) is 0 Å². The van der Waals surface area contributed by atoms with Crippen molar-refractivity contribution >= 4 is 83.4 Å². The number of anilines is 5. The van der Waals surface area contributed by atoms with Crippen molar-refractivity contribution in [3.8, 4) is 0 Å². The number of fused-ring (bicyclic) bond motifs is 6. The smallest absolute Gasteiger partial charge is 0.137 e. The Morgan fingerprint density at radius 3 is 1.98 bits per heavy atom. The van der Waals surface area contributed by atoms with E-state index in [1.54, 1.807) is 0 Å². The van der Waals surface area contributed by atoms with Crippen molar-refractivity contribution in [2.45, 2.75) is 39.5 Å². The third-order valence-electron chi connectivity index (χ3n) is 9.15. The molecule has 4 nitrogen and oxygen atoms in total. The molecule has 2 heterocycles. The lowest BCUT2D eigenvalue weighted by molar-refractivity contribution is 0.595. The zero-order valence-electron chi connectivity index (χ0n) is 27.7. The Bertz CT molecular complexity index is 2400. The van der Waals surface area contributed by atoms with Crippen molar-refractivity contribution in [2.24, 2.45) is 0 Å². The quantitative estimate of drug-likeness (QED) is 0.172. The summed E-state index contributed by atoms with van der Waals surface area (Å²) in [4.78, 5) is 4.63. The van der Waals surface area contributed by atoms with Gasteiger partial charge in [-0.1, -0.05) is 84.4 Å². The molecule has 0 aliphatic heterocycles. The number of para-hydroxylation sites is 2. The average Bonchev–Trinajstić information content (AvgIpc) is 3.71. The standard InChI is InChI=1S/C42H31BrN2O2.C2H6/c43-28-23-33(44(29-11-3-1-4-12-29)30-13-5-2-6-14-30)25-34(24-28)45(31-19-21-37-35-15-7-9-17-39(35)46-41(37)26-31)32-20-22-38-36-16-8-10-18-40(36)47-42(38)27-32;1-2/h1,3-5,7,9-15,17-27H,2,6,8,16H2;1-2H3. The van der Waals surface area contributed by atoms with E-state index in [9.17, 15) is 0 Å². The van der Waals surface area contributed by atoms with Gasteiger partial charge < -0.3 is 18.6 Å². The summed E-state index contributed by atoms with van der Waals surface area (Å²) >= 11 is 3.90. The maximum absolute atomic E-state index is 6.42. The molecule has 0 radical (unpaired) electrons. The molecule has 0 fully saturated rings. The van der Waals surface area contributed by atoms with Gasteiger partial charge in [0.2, 0.25) is 0 Å². The molecule has 7 aromatic rings. The first-order valence-corrected chi connectivity index (χ1v) is 17.9. The van der Waals surface area contributed by atoms with Crippen molar-refractivity contribution < 1.29 is 8.83 Å². The van der Waals surface area contributed by atoms with Crippen LogP contribution in [0, 0.1) is 0 Å². The number of furan rings is 2. The van der Waals surface area contributed by atoms with Gasteiger partial charge in [0.25, 0.3) is 0 Å². The third-order valence-corrected chi connectivity index (χ3v) is 9.61. The first-order chi connectivity index (χ1) is 24.2. The minimum absolute atomic E-state index is 0.854.